The van der Waals surface area contributed by atoms with E-state index in [0.717, 1.165) is 86.3 Å². The van der Waals surface area contributed by atoms with Crippen LogP contribution in [-0.2, 0) is 10.8 Å². The van der Waals surface area contributed by atoms with Crippen molar-refractivity contribution in [2.45, 2.75) is 75.0 Å². The van der Waals surface area contributed by atoms with Gasteiger partial charge in [-0.25, -0.2) is 0 Å². The van der Waals surface area contributed by atoms with Crippen molar-refractivity contribution in [2.75, 3.05) is 9.80 Å². The van der Waals surface area contributed by atoms with Crippen LogP contribution in [0.2, 0.25) is 0 Å². The average Bonchev–Trinajstić information content (AvgIpc) is 1.47. The molecule has 470 valence electrons. The first kappa shape index (κ1) is 54.9. The van der Waals surface area contributed by atoms with Crippen LogP contribution in [0.15, 0.2) is 283 Å². The lowest BCUT2D eigenvalue weighted by atomic mass is 9.43. The third-order valence-corrected chi connectivity index (χ3v) is 27.5. The van der Waals surface area contributed by atoms with Gasteiger partial charge in [-0.3, -0.25) is 0 Å². The molecular formula is C95H74N2O. The van der Waals surface area contributed by atoms with Crippen molar-refractivity contribution in [1.29, 1.82) is 0 Å². The number of fused-ring (bicyclic) bond motifs is 17. The van der Waals surface area contributed by atoms with Crippen LogP contribution in [0, 0.1) is 52.8 Å². The van der Waals surface area contributed by atoms with E-state index < -0.39 is 0 Å². The summed E-state index contributed by atoms with van der Waals surface area (Å²) in [4.78, 5) is 5.00. The lowest BCUT2D eigenvalue weighted by Crippen LogP contribution is -2.55. The van der Waals surface area contributed by atoms with Crippen molar-refractivity contribution < 1.29 is 4.42 Å². The summed E-state index contributed by atoms with van der Waals surface area (Å²) >= 11 is 0. The third-order valence-electron chi connectivity index (χ3n) is 27.5. The summed E-state index contributed by atoms with van der Waals surface area (Å²) < 4.78 is 6.43. The van der Waals surface area contributed by atoms with Crippen LogP contribution in [0.5, 0.6) is 0 Å². The van der Waals surface area contributed by atoms with E-state index in [1.165, 1.54) is 158 Å². The van der Waals surface area contributed by atoms with E-state index in [1.807, 2.05) is 0 Å². The van der Waals surface area contributed by atoms with E-state index in [4.69, 9.17) is 4.42 Å². The zero-order valence-corrected chi connectivity index (χ0v) is 55.1. The van der Waals surface area contributed by atoms with Crippen molar-refractivity contribution in [3.8, 4) is 55.6 Å². The second-order valence-corrected chi connectivity index (χ2v) is 31.6. The number of hydrogen-bond donors (Lipinski definition) is 0. The highest BCUT2D eigenvalue weighted by molar-refractivity contribution is 6.07. The Balaban J connectivity index is 0.554. The molecule has 14 aromatic rings. The molecule has 24 rings (SSSR count). The van der Waals surface area contributed by atoms with E-state index in [-0.39, 0.29) is 10.8 Å². The van der Waals surface area contributed by atoms with Crippen molar-refractivity contribution >= 4 is 77.6 Å². The molecule has 0 aliphatic heterocycles. The van der Waals surface area contributed by atoms with Crippen molar-refractivity contribution in [3.63, 3.8) is 0 Å². The average molecular weight is 1260 g/mol. The second-order valence-electron chi connectivity index (χ2n) is 31.6. The predicted octanol–water partition coefficient (Wildman–Crippen LogP) is 25.3. The molecule has 1 heterocycles. The molecule has 0 N–H and O–H groups in total. The first-order chi connectivity index (χ1) is 48.4. The zero-order chi connectivity index (χ0) is 63.7. The monoisotopic (exact) mass is 1260 g/mol. The standard InChI is InChI=1S/C95H74N2O/c1-2-11-66-49-73(33-30-60(66)10-1)96(75-36-40-89-84(52-75)81-14-4-7-18-87(81)95(89)71-48-59-47-68-51-92(95)93(68,55-59)56-71)72-31-28-64(29-32-72)62-22-20-61(21-23-62)63-24-26-65(27-25-63)78-16-9-12-67-50-74(34-38-79(67)78)97(77-37-41-91-85(54-77)82-15-5-8-19-90(82)98-91)76-35-39-88-83(53-76)80-13-3-6-17-86(80)94(88)69-43-57-42-58(45-69)46-70(94)44-57/h1-41,49-50,52-54,57-59,68-71,92H,42-48,51,55-56H2. The number of furan rings is 1. The lowest BCUT2D eigenvalue weighted by molar-refractivity contribution is -0.0399. The van der Waals surface area contributed by atoms with E-state index in [2.05, 4.69) is 289 Å². The fraction of sp³-hybridized carbons (Fsp3) is 0.221. The van der Waals surface area contributed by atoms with Gasteiger partial charge in [-0.1, -0.05) is 194 Å². The summed E-state index contributed by atoms with van der Waals surface area (Å²) in [5.41, 5.74) is 29.2. The largest absolute Gasteiger partial charge is 0.456 e. The molecule has 3 heteroatoms. The second kappa shape index (κ2) is 20.0. The van der Waals surface area contributed by atoms with Crippen LogP contribution >= 0.6 is 0 Å². The molecule has 0 saturated heterocycles. The fourth-order valence-electron chi connectivity index (χ4n) is 24.1. The van der Waals surface area contributed by atoms with Crippen molar-refractivity contribution in [1.82, 2.24) is 0 Å². The van der Waals surface area contributed by atoms with Crippen LogP contribution in [0.1, 0.15) is 86.5 Å². The van der Waals surface area contributed by atoms with E-state index in [1.54, 1.807) is 22.3 Å². The minimum absolute atomic E-state index is 0.120. The van der Waals surface area contributed by atoms with Gasteiger partial charge in [0.2, 0.25) is 0 Å². The number of para-hydroxylation sites is 1. The molecule has 3 nitrogen and oxygen atoms in total. The molecular weight excluding hydrogens is 1190 g/mol. The minimum atomic E-state index is 0.120. The molecule has 3 spiro atoms. The maximum Gasteiger partial charge on any atom is 0.135 e. The van der Waals surface area contributed by atoms with Crippen LogP contribution in [0.3, 0.4) is 0 Å². The molecule has 6 atom stereocenters. The van der Waals surface area contributed by atoms with Crippen LogP contribution in [0.25, 0.3) is 99.1 Å². The Bertz CT molecular complexity index is 5670. The molecule has 8 saturated carbocycles. The molecule has 98 heavy (non-hydrogen) atoms. The van der Waals surface area contributed by atoms with Gasteiger partial charge in [-0.15, -0.1) is 0 Å². The Morgan fingerprint density at radius 3 is 1.46 bits per heavy atom. The highest BCUT2D eigenvalue weighted by Crippen LogP contribution is 2.83. The Labute approximate surface area is 573 Å². The lowest BCUT2D eigenvalue weighted by Gasteiger charge is -2.61. The van der Waals surface area contributed by atoms with Crippen molar-refractivity contribution in [3.05, 3.63) is 301 Å². The Kier molecular flexibility index (Phi) is 11.2. The molecule has 13 aromatic carbocycles. The van der Waals surface area contributed by atoms with E-state index in [0.29, 0.717) is 5.41 Å². The predicted molar refractivity (Wildman–Crippen MR) is 403 cm³/mol. The molecule has 6 unspecified atom stereocenters. The summed E-state index contributed by atoms with van der Waals surface area (Å²) in [6.45, 7) is 0. The summed E-state index contributed by atoms with van der Waals surface area (Å²) in [7, 11) is 0. The summed E-state index contributed by atoms with van der Waals surface area (Å²) in [6.07, 6.45) is 14.2. The van der Waals surface area contributed by atoms with Crippen molar-refractivity contribution in [2.24, 2.45) is 52.8 Å². The smallest absolute Gasteiger partial charge is 0.135 e. The number of benzene rings is 13. The zero-order valence-electron chi connectivity index (χ0n) is 55.1. The van der Waals surface area contributed by atoms with Crippen LogP contribution in [0.4, 0.5) is 34.1 Å². The van der Waals surface area contributed by atoms with Gasteiger partial charge in [-0.05, 0) is 301 Å². The Morgan fingerprint density at radius 2 is 0.745 bits per heavy atom. The molecule has 0 radical (unpaired) electrons. The first-order valence-electron chi connectivity index (χ1n) is 36.7. The van der Waals surface area contributed by atoms with E-state index in [9.17, 15) is 0 Å². The minimum Gasteiger partial charge on any atom is -0.456 e. The maximum absolute atomic E-state index is 6.43. The molecule has 10 aliphatic carbocycles. The van der Waals surface area contributed by atoms with Gasteiger partial charge in [-0.2, -0.15) is 0 Å². The van der Waals surface area contributed by atoms with Gasteiger partial charge in [0.05, 0.1) is 0 Å². The number of anilines is 6. The first-order valence-corrected chi connectivity index (χ1v) is 36.7. The van der Waals surface area contributed by atoms with Gasteiger partial charge in [0.25, 0.3) is 0 Å². The summed E-state index contributed by atoms with van der Waals surface area (Å²) in [5, 5.41) is 7.23. The molecule has 7 bridgehead atoms. The third kappa shape index (κ3) is 7.39. The van der Waals surface area contributed by atoms with Gasteiger partial charge < -0.3 is 14.2 Å². The van der Waals surface area contributed by atoms with E-state index >= 15 is 0 Å². The fourth-order valence-corrected chi connectivity index (χ4v) is 24.1. The van der Waals surface area contributed by atoms with Crippen LogP contribution < -0.4 is 9.80 Å². The number of hydrogen-bond acceptors (Lipinski definition) is 3. The van der Waals surface area contributed by atoms with Crippen LogP contribution in [-0.4, -0.2) is 0 Å². The van der Waals surface area contributed by atoms with Gasteiger partial charge >= 0.3 is 0 Å². The van der Waals surface area contributed by atoms with Gasteiger partial charge in [0, 0.05) is 55.7 Å². The quantitative estimate of drug-likeness (QED) is 0.144. The Morgan fingerprint density at radius 1 is 0.265 bits per heavy atom. The van der Waals surface area contributed by atoms with Gasteiger partial charge in [0.1, 0.15) is 11.2 Å². The SMILES string of the molecule is c1ccc2c(c1)-c1cc(N(c3ccc4c(-c5ccc(-c6ccc(-c7ccc(N(c8ccc9c(c8)-c8ccccc8C98C9CC%10CC%11CC8C%11(C%10)C9)c8ccc9ccccc9c8)cc7)cc6)cc5)cccc4c3)c3ccc4oc5ccccc5c4c3)ccc1C21C2CC3CC(C2)CC1C3. The summed E-state index contributed by atoms with van der Waals surface area (Å²) in [6, 6.07) is 107. The number of rotatable bonds is 9. The highest BCUT2D eigenvalue weighted by atomic mass is 16.3. The highest BCUT2D eigenvalue weighted by Gasteiger charge is 2.77. The number of nitrogens with zero attached hydrogens (tertiary/aromatic N) is 2. The molecule has 10 aliphatic rings. The van der Waals surface area contributed by atoms with Gasteiger partial charge in [0.15, 0.2) is 0 Å². The normalized spacial score (nSPS) is 26.5. The Hall–Kier alpha value is -10.2. The summed E-state index contributed by atoms with van der Waals surface area (Å²) in [5.74, 6) is 6.68. The molecule has 8 fully saturated rings. The topological polar surface area (TPSA) is 19.6 Å². The molecule has 1 aromatic heterocycles. The molecule has 0 amide bonds. The maximum atomic E-state index is 6.43.